The molecular formula is C14H15N5O5. The molecule has 1 amide bonds. The van der Waals surface area contributed by atoms with E-state index >= 15 is 0 Å². The number of aromatic carboxylic acids is 1. The number of rotatable bonds is 6. The minimum Gasteiger partial charge on any atom is -0.476 e. The van der Waals surface area contributed by atoms with Gasteiger partial charge < -0.3 is 10.4 Å². The average Bonchev–Trinajstić information content (AvgIpc) is 2.95. The summed E-state index contributed by atoms with van der Waals surface area (Å²) in [6.45, 7) is 3.12. The number of nitro groups is 1. The molecule has 0 bridgehead atoms. The lowest BCUT2D eigenvalue weighted by Gasteiger charge is -2.14. The van der Waals surface area contributed by atoms with Gasteiger partial charge in [-0.2, -0.15) is 0 Å². The number of hydrogen-bond donors (Lipinski definition) is 2. The van der Waals surface area contributed by atoms with E-state index in [4.69, 9.17) is 5.11 Å². The van der Waals surface area contributed by atoms with E-state index in [1.165, 1.54) is 6.07 Å². The number of carbonyl (C=O) groups excluding carboxylic acids is 1. The van der Waals surface area contributed by atoms with Crippen LogP contribution >= 0.6 is 0 Å². The average molecular weight is 333 g/mol. The zero-order valence-corrected chi connectivity index (χ0v) is 13.0. The minimum absolute atomic E-state index is 0.0176. The number of carboxylic acid groups (broad SMARTS) is 1. The molecule has 1 aromatic carbocycles. The lowest BCUT2D eigenvalue weighted by atomic mass is 10.0. The van der Waals surface area contributed by atoms with Gasteiger partial charge in [-0.1, -0.05) is 17.3 Å². The number of carbonyl (C=O) groups is 2. The Bertz CT molecular complexity index is 801. The van der Waals surface area contributed by atoms with Gasteiger partial charge >= 0.3 is 5.97 Å². The van der Waals surface area contributed by atoms with E-state index in [-0.39, 0.29) is 17.9 Å². The smallest absolute Gasteiger partial charge is 0.358 e. The summed E-state index contributed by atoms with van der Waals surface area (Å²) < 4.78 is 1.10. The first-order valence-electron chi connectivity index (χ1n) is 6.95. The fraction of sp³-hybridized carbons (Fsp3) is 0.286. The quantitative estimate of drug-likeness (QED) is 0.595. The van der Waals surface area contributed by atoms with Gasteiger partial charge in [0.05, 0.1) is 17.2 Å². The summed E-state index contributed by atoms with van der Waals surface area (Å²) >= 11 is 0. The van der Waals surface area contributed by atoms with Crippen molar-refractivity contribution in [2.24, 2.45) is 0 Å². The predicted octanol–water partition coefficient (Wildman–Crippen LogP) is 1.07. The Morgan fingerprint density at radius 1 is 1.46 bits per heavy atom. The second-order valence-electron chi connectivity index (χ2n) is 5.20. The van der Waals surface area contributed by atoms with Crippen molar-refractivity contribution in [1.29, 1.82) is 0 Å². The van der Waals surface area contributed by atoms with Crippen LogP contribution in [0.3, 0.4) is 0 Å². The lowest BCUT2D eigenvalue weighted by molar-refractivity contribution is -0.385. The summed E-state index contributed by atoms with van der Waals surface area (Å²) in [6.07, 6.45) is 1.14. The third-order valence-electron chi connectivity index (χ3n) is 3.37. The van der Waals surface area contributed by atoms with Crippen LogP contribution in [0.2, 0.25) is 0 Å². The van der Waals surface area contributed by atoms with Gasteiger partial charge in [-0.05, 0) is 19.4 Å². The van der Waals surface area contributed by atoms with Crippen molar-refractivity contribution in [2.45, 2.75) is 26.4 Å². The number of benzene rings is 1. The SMILES string of the molecule is Cc1ccc(C(C)NC(=O)Cn2cc(C(=O)O)nn2)cc1[N+](=O)[O-]. The van der Waals surface area contributed by atoms with Crippen LogP contribution in [-0.2, 0) is 11.3 Å². The number of nitro benzene ring substituents is 1. The normalized spacial score (nSPS) is 11.8. The van der Waals surface area contributed by atoms with Gasteiger partial charge in [0.1, 0.15) is 6.54 Å². The Morgan fingerprint density at radius 3 is 2.75 bits per heavy atom. The molecule has 10 heteroatoms. The maximum atomic E-state index is 12.0. The highest BCUT2D eigenvalue weighted by Gasteiger charge is 2.17. The molecule has 0 saturated carbocycles. The van der Waals surface area contributed by atoms with E-state index in [0.29, 0.717) is 11.1 Å². The molecular weight excluding hydrogens is 318 g/mol. The molecule has 1 atom stereocenters. The van der Waals surface area contributed by atoms with Crippen LogP contribution in [0.1, 0.15) is 34.6 Å². The highest BCUT2D eigenvalue weighted by molar-refractivity contribution is 5.84. The standard InChI is InChI=1S/C14H15N5O5/c1-8-3-4-10(5-12(8)19(23)24)9(2)15-13(20)7-18-6-11(14(21)22)16-17-18/h3-6,9H,7H2,1-2H3,(H,15,20)(H,21,22). The molecule has 1 unspecified atom stereocenters. The Labute approximate surface area is 136 Å². The second kappa shape index (κ2) is 6.86. The monoisotopic (exact) mass is 333 g/mol. The predicted molar refractivity (Wildman–Crippen MR) is 81.4 cm³/mol. The molecule has 0 aliphatic heterocycles. The van der Waals surface area contributed by atoms with Crippen LogP contribution in [-0.4, -0.2) is 36.9 Å². The van der Waals surface area contributed by atoms with E-state index in [0.717, 1.165) is 10.9 Å². The molecule has 2 rings (SSSR count). The molecule has 2 N–H and O–H groups in total. The number of carboxylic acids is 1. The number of aryl methyl sites for hydroxylation is 1. The molecule has 2 aromatic rings. The van der Waals surface area contributed by atoms with Gasteiger partial charge in [0, 0.05) is 11.6 Å². The summed E-state index contributed by atoms with van der Waals surface area (Å²) in [5, 5.41) is 29.3. The highest BCUT2D eigenvalue weighted by atomic mass is 16.6. The van der Waals surface area contributed by atoms with E-state index in [1.54, 1.807) is 26.0 Å². The van der Waals surface area contributed by atoms with Crippen LogP contribution in [0.5, 0.6) is 0 Å². The van der Waals surface area contributed by atoms with Crippen molar-refractivity contribution < 1.29 is 19.6 Å². The summed E-state index contributed by atoms with van der Waals surface area (Å²) in [7, 11) is 0. The van der Waals surface area contributed by atoms with Crippen molar-refractivity contribution in [3.8, 4) is 0 Å². The van der Waals surface area contributed by atoms with Crippen LogP contribution in [0.4, 0.5) is 5.69 Å². The first-order valence-corrected chi connectivity index (χ1v) is 6.95. The number of aromatic nitrogens is 3. The van der Waals surface area contributed by atoms with Gasteiger partial charge in [-0.25, -0.2) is 9.48 Å². The van der Waals surface area contributed by atoms with Crippen molar-refractivity contribution in [3.63, 3.8) is 0 Å². The van der Waals surface area contributed by atoms with Gasteiger partial charge in [-0.3, -0.25) is 14.9 Å². The van der Waals surface area contributed by atoms with Crippen molar-refractivity contribution >= 4 is 17.6 Å². The van der Waals surface area contributed by atoms with Crippen molar-refractivity contribution in [2.75, 3.05) is 0 Å². The Hall–Kier alpha value is -3.30. The number of hydrogen-bond acceptors (Lipinski definition) is 6. The summed E-state index contributed by atoms with van der Waals surface area (Å²) in [5.74, 6) is -1.66. The third kappa shape index (κ3) is 3.91. The molecule has 0 aliphatic carbocycles. The fourth-order valence-electron chi connectivity index (χ4n) is 2.08. The third-order valence-corrected chi connectivity index (χ3v) is 3.37. The molecule has 1 aromatic heterocycles. The van der Waals surface area contributed by atoms with Gasteiger partial charge in [-0.15, -0.1) is 5.10 Å². The first kappa shape index (κ1) is 17.1. The molecule has 0 fully saturated rings. The molecule has 0 aliphatic rings. The zero-order chi connectivity index (χ0) is 17.9. The Balaban J connectivity index is 2.04. The van der Waals surface area contributed by atoms with Crippen LogP contribution in [0, 0.1) is 17.0 Å². The maximum absolute atomic E-state index is 12.0. The topological polar surface area (TPSA) is 140 Å². The number of nitrogens with one attached hydrogen (secondary N) is 1. The minimum atomic E-state index is -1.23. The van der Waals surface area contributed by atoms with Crippen LogP contribution in [0.15, 0.2) is 24.4 Å². The fourth-order valence-corrected chi connectivity index (χ4v) is 2.08. The van der Waals surface area contributed by atoms with Crippen LogP contribution in [0.25, 0.3) is 0 Å². The van der Waals surface area contributed by atoms with Gasteiger partial charge in [0.25, 0.3) is 5.69 Å². The summed E-state index contributed by atoms with van der Waals surface area (Å²) in [5.41, 5.74) is 0.845. The Morgan fingerprint density at radius 2 is 2.17 bits per heavy atom. The number of nitrogens with zero attached hydrogens (tertiary/aromatic N) is 4. The van der Waals surface area contributed by atoms with Crippen molar-refractivity contribution in [1.82, 2.24) is 20.3 Å². The van der Waals surface area contributed by atoms with E-state index in [1.807, 2.05) is 0 Å². The molecule has 126 valence electrons. The molecule has 0 spiro atoms. The molecule has 1 heterocycles. The van der Waals surface area contributed by atoms with E-state index in [2.05, 4.69) is 15.6 Å². The second-order valence-corrected chi connectivity index (χ2v) is 5.20. The first-order chi connectivity index (χ1) is 11.3. The summed E-state index contributed by atoms with van der Waals surface area (Å²) in [4.78, 5) is 33.2. The summed E-state index contributed by atoms with van der Waals surface area (Å²) in [6, 6.07) is 4.27. The van der Waals surface area contributed by atoms with Gasteiger partial charge in [0.2, 0.25) is 5.91 Å². The zero-order valence-electron chi connectivity index (χ0n) is 13.0. The molecule has 0 saturated heterocycles. The lowest BCUT2D eigenvalue weighted by Crippen LogP contribution is -2.30. The molecule has 24 heavy (non-hydrogen) atoms. The van der Waals surface area contributed by atoms with Crippen molar-refractivity contribution in [3.05, 3.63) is 51.3 Å². The van der Waals surface area contributed by atoms with E-state index < -0.39 is 22.8 Å². The molecule has 10 nitrogen and oxygen atoms in total. The molecule has 0 radical (unpaired) electrons. The largest absolute Gasteiger partial charge is 0.476 e. The van der Waals surface area contributed by atoms with E-state index in [9.17, 15) is 19.7 Å². The Kier molecular flexibility index (Phi) is 4.87. The van der Waals surface area contributed by atoms with Gasteiger partial charge in [0.15, 0.2) is 5.69 Å². The van der Waals surface area contributed by atoms with Crippen LogP contribution < -0.4 is 5.32 Å². The number of amides is 1. The maximum Gasteiger partial charge on any atom is 0.358 e. The highest BCUT2D eigenvalue weighted by Crippen LogP contribution is 2.23.